The molecular weight excluding hydrogens is 448 g/mol. The first-order valence-corrected chi connectivity index (χ1v) is 11.9. The summed E-state index contributed by atoms with van der Waals surface area (Å²) in [7, 11) is 1.70. The monoisotopic (exact) mass is 474 g/mol. The number of likely N-dealkylation sites (N-methyl/N-ethyl adjacent to an activating group) is 1. The number of nitrogens with zero attached hydrogens (tertiary/aromatic N) is 2. The first-order valence-electron chi connectivity index (χ1n) is 11.1. The van der Waals surface area contributed by atoms with Crippen LogP contribution in [0, 0.1) is 6.92 Å². The molecule has 34 heavy (non-hydrogen) atoms. The topological polar surface area (TPSA) is 66.9 Å². The molecule has 174 valence electrons. The second-order valence-electron chi connectivity index (χ2n) is 8.09. The van der Waals surface area contributed by atoms with Gasteiger partial charge in [0.2, 0.25) is 5.91 Å². The minimum absolute atomic E-state index is 0.240. The van der Waals surface area contributed by atoms with Crippen LogP contribution in [0.5, 0.6) is 0 Å². The van der Waals surface area contributed by atoms with E-state index in [1.165, 1.54) is 16.7 Å². The van der Waals surface area contributed by atoms with Crippen LogP contribution in [0.2, 0.25) is 0 Å². The van der Waals surface area contributed by atoms with Gasteiger partial charge in [0.1, 0.15) is 6.04 Å². The Balaban J connectivity index is 1.80. The lowest BCUT2D eigenvalue weighted by atomic mass is 10.1. The summed E-state index contributed by atoms with van der Waals surface area (Å²) >= 11 is 1.44. The van der Waals surface area contributed by atoms with E-state index in [-0.39, 0.29) is 18.4 Å². The number of hydrogen-bond acceptors (Lipinski definition) is 5. The Morgan fingerprint density at radius 3 is 2.53 bits per heavy atom. The van der Waals surface area contributed by atoms with Crippen LogP contribution in [0.1, 0.15) is 40.1 Å². The van der Waals surface area contributed by atoms with Crippen LogP contribution in [0.15, 0.2) is 76.5 Å². The molecule has 0 N–H and O–H groups in total. The summed E-state index contributed by atoms with van der Waals surface area (Å²) in [6, 6.07) is 19.3. The molecule has 1 aliphatic heterocycles. The van der Waals surface area contributed by atoms with E-state index in [0.29, 0.717) is 16.8 Å². The molecule has 1 aliphatic rings. The molecule has 0 unspecified atom stereocenters. The van der Waals surface area contributed by atoms with Gasteiger partial charge in [-0.3, -0.25) is 14.5 Å². The van der Waals surface area contributed by atoms with Crippen molar-refractivity contribution in [3.8, 4) is 0 Å². The maximum atomic E-state index is 13.8. The minimum Gasteiger partial charge on any atom is -0.462 e. The van der Waals surface area contributed by atoms with Crippen molar-refractivity contribution in [2.24, 2.45) is 0 Å². The Bertz CT molecular complexity index is 1270. The Hall–Kier alpha value is -3.58. The first kappa shape index (κ1) is 23.6. The average molecular weight is 475 g/mol. The van der Waals surface area contributed by atoms with E-state index in [1.54, 1.807) is 56.1 Å². The van der Waals surface area contributed by atoms with E-state index < -0.39 is 12.0 Å². The Labute approximate surface area is 203 Å². The average Bonchev–Trinajstić information content (AvgIpc) is 2.96. The third-order valence-electron chi connectivity index (χ3n) is 5.75. The molecule has 1 heterocycles. The number of benzene rings is 3. The standard InChI is InChI=1S/C27H26N2O4S/c1-5-33-27(32)19-13-14-24-22(16-19)29(26(31)21-11-6-7-12-23(21)34-24)18(3)25(30)28(4)20-10-8-9-17(2)15-20/h6-16,18H,5H2,1-4H3/t18-/m0/s1. The maximum absolute atomic E-state index is 13.8. The normalized spacial score (nSPS) is 13.4. The number of rotatable bonds is 5. The zero-order valence-corrected chi connectivity index (χ0v) is 20.4. The number of carbonyl (C=O) groups is 3. The van der Waals surface area contributed by atoms with E-state index in [9.17, 15) is 14.4 Å². The number of ether oxygens (including phenoxy) is 1. The highest BCUT2D eigenvalue weighted by Crippen LogP contribution is 2.42. The van der Waals surface area contributed by atoms with Gasteiger partial charge in [-0.1, -0.05) is 36.0 Å². The Kier molecular flexibility index (Phi) is 6.75. The quantitative estimate of drug-likeness (QED) is 0.467. The zero-order chi connectivity index (χ0) is 24.4. The lowest BCUT2D eigenvalue weighted by Crippen LogP contribution is -2.49. The van der Waals surface area contributed by atoms with Gasteiger partial charge in [-0.15, -0.1) is 0 Å². The van der Waals surface area contributed by atoms with Crippen molar-refractivity contribution < 1.29 is 19.1 Å². The highest BCUT2D eigenvalue weighted by molar-refractivity contribution is 7.99. The fraction of sp³-hybridized carbons (Fsp3) is 0.222. The van der Waals surface area contributed by atoms with Crippen molar-refractivity contribution in [3.05, 3.63) is 83.4 Å². The van der Waals surface area contributed by atoms with Crippen molar-refractivity contribution in [2.45, 2.75) is 36.6 Å². The largest absolute Gasteiger partial charge is 0.462 e. The molecule has 0 saturated carbocycles. The van der Waals surface area contributed by atoms with Gasteiger partial charge in [-0.2, -0.15) is 0 Å². The van der Waals surface area contributed by atoms with Crippen LogP contribution in [0.3, 0.4) is 0 Å². The number of esters is 1. The number of aryl methyl sites for hydroxylation is 1. The van der Waals surface area contributed by atoms with Crippen molar-refractivity contribution in [2.75, 3.05) is 23.5 Å². The number of amides is 2. The Morgan fingerprint density at radius 2 is 1.79 bits per heavy atom. The summed E-state index contributed by atoms with van der Waals surface area (Å²) in [4.78, 5) is 44.5. The van der Waals surface area contributed by atoms with Crippen molar-refractivity contribution in [3.63, 3.8) is 0 Å². The second kappa shape index (κ2) is 9.73. The maximum Gasteiger partial charge on any atom is 0.338 e. The van der Waals surface area contributed by atoms with E-state index in [2.05, 4.69) is 0 Å². The summed E-state index contributed by atoms with van der Waals surface area (Å²) < 4.78 is 5.16. The molecule has 3 aromatic carbocycles. The fourth-order valence-electron chi connectivity index (χ4n) is 3.96. The van der Waals surface area contributed by atoms with Gasteiger partial charge in [0.25, 0.3) is 5.91 Å². The summed E-state index contributed by atoms with van der Waals surface area (Å²) in [5.41, 5.74) is 3.13. The zero-order valence-electron chi connectivity index (χ0n) is 19.6. The molecular formula is C27H26N2O4S. The number of hydrogen-bond donors (Lipinski definition) is 0. The number of carbonyl (C=O) groups excluding carboxylic acids is 3. The first-order chi connectivity index (χ1) is 16.3. The van der Waals surface area contributed by atoms with E-state index in [1.807, 2.05) is 43.3 Å². The molecule has 3 aromatic rings. The smallest absolute Gasteiger partial charge is 0.338 e. The van der Waals surface area contributed by atoms with Gasteiger partial charge in [-0.25, -0.2) is 4.79 Å². The molecule has 1 atom stereocenters. The van der Waals surface area contributed by atoms with Crippen LogP contribution in [-0.4, -0.2) is 37.5 Å². The lowest BCUT2D eigenvalue weighted by molar-refractivity contribution is -0.119. The van der Waals surface area contributed by atoms with Crippen LogP contribution in [0.25, 0.3) is 0 Å². The van der Waals surface area contributed by atoms with Crippen LogP contribution >= 0.6 is 11.8 Å². The third kappa shape index (κ3) is 4.43. The van der Waals surface area contributed by atoms with Crippen molar-refractivity contribution in [1.29, 1.82) is 0 Å². The van der Waals surface area contributed by atoms with Crippen molar-refractivity contribution >= 4 is 40.9 Å². The summed E-state index contributed by atoms with van der Waals surface area (Å²) in [5, 5.41) is 0. The van der Waals surface area contributed by atoms with E-state index in [4.69, 9.17) is 4.74 Å². The SMILES string of the molecule is CCOC(=O)c1ccc2c(c1)N([C@@H](C)C(=O)N(C)c1cccc(C)c1)C(=O)c1ccccc1S2. The molecule has 0 fully saturated rings. The van der Waals surface area contributed by atoms with Gasteiger partial charge in [0, 0.05) is 22.5 Å². The summed E-state index contributed by atoms with van der Waals surface area (Å²) in [5.74, 6) is -1.00. The van der Waals surface area contributed by atoms with Gasteiger partial charge in [0.15, 0.2) is 0 Å². The molecule has 0 spiro atoms. The third-order valence-corrected chi connectivity index (χ3v) is 6.89. The molecule has 4 rings (SSSR count). The van der Waals surface area contributed by atoms with Gasteiger partial charge in [-0.05, 0) is 68.8 Å². The fourth-order valence-corrected chi connectivity index (χ4v) is 5.01. The number of anilines is 2. The summed E-state index contributed by atoms with van der Waals surface area (Å²) in [6.45, 7) is 5.66. The van der Waals surface area contributed by atoms with Crippen LogP contribution < -0.4 is 9.80 Å². The van der Waals surface area contributed by atoms with Crippen molar-refractivity contribution in [1.82, 2.24) is 0 Å². The van der Waals surface area contributed by atoms with Crippen LogP contribution in [0.4, 0.5) is 11.4 Å². The second-order valence-corrected chi connectivity index (χ2v) is 9.17. The summed E-state index contributed by atoms with van der Waals surface area (Å²) in [6.07, 6.45) is 0. The highest BCUT2D eigenvalue weighted by Gasteiger charge is 2.35. The molecule has 0 saturated heterocycles. The molecule has 0 aliphatic carbocycles. The van der Waals surface area contributed by atoms with Crippen LogP contribution in [-0.2, 0) is 9.53 Å². The molecule has 0 aromatic heterocycles. The van der Waals surface area contributed by atoms with Gasteiger partial charge >= 0.3 is 5.97 Å². The molecule has 0 radical (unpaired) electrons. The highest BCUT2D eigenvalue weighted by atomic mass is 32.2. The van der Waals surface area contributed by atoms with E-state index in [0.717, 1.165) is 21.0 Å². The Morgan fingerprint density at radius 1 is 1.03 bits per heavy atom. The minimum atomic E-state index is -0.819. The molecule has 7 heteroatoms. The van der Waals surface area contributed by atoms with Gasteiger partial charge in [0.05, 0.1) is 23.4 Å². The number of fused-ring (bicyclic) bond motifs is 2. The molecule has 6 nitrogen and oxygen atoms in total. The molecule has 2 amide bonds. The molecule has 0 bridgehead atoms. The van der Waals surface area contributed by atoms with E-state index >= 15 is 0 Å². The predicted molar refractivity (Wildman–Crippen MR) is 134 cm³/mol. The lowest BCUT2D eigenvalue weighted by Gasteiger charge is -2.32. The van der Waals surface area contributed by atoms with Gasteiger partial charge < -0.3 is 9.64 Å². The predicted octanol–water partition coefficient (Wildman–Crippen LogP) is 5.33.